The predicted molar refractivity (Wildman–Crippen MR) is 114 cm³/mol. The summed E-state index contributed by atoms with van der Waals surface area (Å²) >= 11 is 0. The van der Waals surface area contributed by atoms with E-state index in [0.717, 1.165) is 0 Å². The van der Waals surface area contributed by atoms with Gasteiger partial charge in [0.1, 0.15) is 11.4 Å². The Morgan fingerprint density at radius 1 is 1.03 bits per heavy atom. The summed E-state index contributed by atoms with van der Waals surface area (Å²) in [5.74, 6) is -0.362. The van der Waals surface area contributed by atoms with Crippen molar-refractivity contribution in [1.82, 2.24) is 15.0 Å². The number of carboxylic acid groups (broad SMARTS) is 1. The Labute approximate surface area is 179 Å². The highest BCUT2D eigenvalue weighted by atomic mass is 16.6. The molecule has 0 radical (unpaired) electrons. The topological polar surface area (TPSA) is 115 Å². The second-order valence-electron chi connectivity index (χ2n) is 7.55. The van der Waals surface area contributed by atoms with E-state index < -0.39 is 17.7 Å². The Kier molecular flexibility index (Phi) is 6.15. The van der Waals surface area contributed by atoms with Gasteiger partial charge in [0.25, 0.3) is 0 Å². The number of amides is 1. The number of benzene rings is 1. The zero-order chi connectivity index (χ0) is 22.6. The average molecular weight is 422 g/mol. The van der Waals surface area contributed by atoms with Gasteiger partial charge in [-0.05, 0) is 39.0 Å². The molecule has 0 spiro atoms. The minimum absolute atomic E-state index is 0.0153. The molecule has 9 heteroatoms. The third-order valence-corrected chi connectivity index (χ3v) is 4.02. The minimum Gasteiger partial charge on any atom is -0.497 e. The predicted octanol–water partition coefficient (Wildman–Crippen LogP) is 4.32. The second-order valence-corrected chi connectivity index (χ2v) is 7.55. The summed E-state index contributed by atoms with van der Waals surface area (Å²) in [6.07, 6.45) is 4.95. The number of aromatic nitrogens is 3. The van der Waals surface area contributed by atoms with Gasteiger partial charge in [0.2, 0.25) is 0 Å². The summed E-state index contributed by atoms with van der Waals surface area (Å²) in [6, 6.07) is 8.32. The van der Waals surface area contributed by atoms with Crippen LogP contribution < -0.4 is 9.64 Å². The summed E-state index contributed by atoms with van der Waals surface area (Å²) < 4.78 is 10.8. The van der Waals surface area contributed by atoms with Crippen LogP contribution in [-0.2, 0) is 4.74 Å². The SMILES string of the molecule is COc1cccc(N(C(=O)OC(C)(C)C)c2cncc(-c3cncc(C(=O)O)c3)n2)c1. The Morgan fingerprint density at radius 3 is 2.45 bits per heavy atom. The number of pyridine rings is 1. The van der Waals surface area contributed by atoms with Crippen LogP contribution in [0.5, 0.6) is 5.75 Å². The Morgan fingerprint density at radius 2 is 1.77 bits per heavy atom. The fourth-order valence-electron chi connectivity index (χ4n) is 2.69. The molecule has 0 saturated carbocycles. The number of aromatic carboxylic acids is 1. The second kappa shape index (κ2) is 8.78. The Bertz CT molecular complexity index is 1110. The lowest BCUT2D eigenvalue weighted by atomic mass is 10.1. The lowest BCUT2D eigenvalue weighted by molar-refractivity contribution is 0.0597. The number of nitrogens with zero attached hydrogens (tertiary/aromatic N) is 4. The van der Waals surface area contributed by atoms with Gasteiger partial charge >= 0.3 is 12.1 Å². The van der Waals surface area contributed by atoms with Gasteiger partial charge < -0.3 is 14.6 Å². The number of hydrogen-bond donors (Lipinski definition) is 1. The molecule has 1 aromatic carbocycles. The van der Waals surface area contributed by atoms with Crippen LogP contribution in [0.2, 0.25) is 0 Å². The highest BCUT2D eigenvalue weighted by Crippen LogP contribution is 2.30. The van der Waals surface area contributed by atoms with Crippen molar-refractivity contribution in [3.63, 3.8) is 0 Å². The number of hydrogen-bond acceptors (Lipinski definition) is 7. The van der Waals surface area contributed by atoms with Crippen molar-refractivity contribution in [2.75, 3.05) is 12.0 Å². The van der Waals surface area contributed by atoms with E-state index in [1.54, 1.807) is 45.0 Å². The molecule has 0 aliphatic carbocycles. The van der Waals surface area contributed by atoms with Gasteiger partial charge in [-0.3, -0.25) is 9.97 Å². The fraction of sp³-hybridized carbons (Fsp3) is 0.227. The monoisotopic (exact) mass is 422 g/mol. The van der Waals surface area contributed by atoms with Crippen LogP contribution in [0.25, 0.3) is 11.3 Å². The minimum atomic E-state index is -1.11. The van der Waals surface area contributed by atoms with E-state index in [0.29, 0.717) is 22.7 Å². The lowest BCUT2D eigenvalue weighted by Crippen LogP contribution is -2.34. The van der Waals surface area contributed by atoms with Gasteiger partial charge in [-0.15, -0.1) is 0 Å². The van der Waals surface area contributed by atoms with Crippen LogP contribution in [0.3, 0.4) is 0 Å². The van der Waals surface area contributed by atoms with Crippen LogP contribution in [0.1, 0.15) is 31.1 Å². The van der Waals surface area contributed by atoms with Crippen molar-refractivity contribution < 1.29 is 24.2 Å². The summed E-state index contributed by atoms with van der Waals surface area (Å²) in [6.45, 7) is 5.29. The first-order valence-electron chi connectivity index (χ1n) is 9.36. The van der Waals surface area contributed by atoms with E-state index in [-0.39, 0.29) is 11.4 Å². The van der Waals surface area contributed by atoms with Crippen molar-refractivity contribution in [3.8, 4) is 17.0 Å². The quantitative estimate of drug-likeness (QED) is 0.646. The maximum atomic E-state index is 13.1. The largest absolute Gasteiger partial charge is 0.497 e. The van der Waals surface area contributed by atoms with E-state index in [1.165, 1.54) is 42.9 Å². The van der Waals surface area contributed by atoms with Crippen LogP contribution in [0.4, 0.5) is 16.3 Å². The molecule has 0 bridgehead atoms. The van der Waals surface area contributed by atoms with E-state index in [2.05, 4.69) is 15.0 Å². The summed E-state index contributed by atoms with van der Waals surface area (Å²) in [7, 11) is 1.53. The number of rotatable bonds is 5. The third kappa shape index (κ3) is 5.33. The number of ether oxygens (including phenoxy) is 2. The van der Waals surface area contributed by atoms with Crippen LogP contribution in [0, 0.1) is 0 Å². The molecule has 0 aliphatic rings. The molecular formula is C22H22N4O5. The van der Waals surface area contributed by atoms with Crippen molar-refractivity contribution in [3.05, 3.63) is 60.7 Å². The molecule has 2 heterocycles. The molecule has 0 unspecified atom stereocenters. The summed E-state index contributed by atoms with van der Waals surface area (Å²) in [5, 5.41) is 9.22. The standard InChI is InChI=1S/C22H22N4O5/c1-22(2,3)31-21(29)26(16-6-5-7-17(9-16)30-4)19-13-24-12-18(25-19)14-8-15(20(27)28)11-23-10-14/h5-13H,1-4H3,(H,27,28). The van der Waals surface area contributed by atoms with Gasteiger partial charge in [-0.25, -0.2) is 19.5 Å². The highest BCUT2D eigenvalue weighted by Gasteiger charge is 2.27. The van der Waals surface area contributed by atoms with Gasteiger partial charge in [-0.1, -0.05) is 6.07 Å². The highest BCUT2D eigenvalue weighted by molar-refractivity contribution is 5.95. The molecule has 0 saturated heterocycles. The zero-order valence-electron chi connectivity index (χ0n) is 17.6. The third-order valence-electron chi connectivity index (χ3n) is 4.02. The molecule has 2 aromatic heterocycles. The Hall–Kier alpha value is -4.01. The van der Waals surface area contributed by atoms with Gasteiger partial charge in [0, 0.05) is 24.0 Å². The smallest absolute Gasteiger partial charge is 0.420 e. The molecule has 0 atom stereocenters. The van der Waals surface area contributed by atoms with E-state index in [1.807, 2.05) is 0 Å². The average Bonchev–Trinajstić information content (AvgIpc) is 2.73. The van der Waals surface area contributed by atoms with E-state index in [4.69, 9.17) is 9.47 Å². The number of carboxylic acids is 1. The zero-order valence-corrected chi connectivity index (χ0v) is 17.6. The summed E-state index contributed by atoms with van der Waals surface area (Å²) in [5.41, 5.74) is 0.548. The molecule has 1 N–H and O–H groups in total. The Balaban J connectivity index is 2.09. The first-order valence-corrected chi connectivity index (χ1v) is 9.36. The molecule has 0 fully saturated rings. The first-order chi connectivity index (χ1) is 14.7. The fourth-order valence-corrected chi connectivity index (χ4v) is 2.69. The van der Waals surface area contributed by atoms with Crippen LogP contribution in [-0.4, -0.2) is 44.8 Å². The molecule has 31 heavy (non-hydrogen) atoms. The number of methoxy groups -OCH3 is 1. The summed E-state index contributed by atoms with van der Waals surface area (Å²) in [4.78, 5) is 38.3. The molecule has 9 nitrogen and oxygen atoms in total. The molecule has 0 aliphatic heterocycles. The maximum Gasteiger partial charge on any atom is 0.420 e. The van der Waals surface area contributed by atoms with Gasteiger partial charge in [0.15, 0.2) is 5.82 Å². The van der Waals surface area contributed by atoms with Crippen molar-refractivity contribution in [1.29, 1.82) is 0 Å². The van der Waals surface area contributed by atoms with Crippen molar-refractivity contribution >= 4 is 23.6 Å². The number of carbonyl (C=O) groups excluding carboxylic acids is 1. The molecule has 3 rings (SSSR count). The van der Waals surface area contributed by atoms with Gasteiger partial charge in [0.05, 0.1) is 36.4 Å². The molecule has 1 amide bonds. The number of carbonyl (C=O) groups is 2. The van der Waals surface area contributed by atoms with Crippen molar-refractivity contribution in [2.45, 2.75) is 26.4 Å². The van der Waals surface area contributed by atoms with E-state index >= 15 is 0 Å². The normalized spacial score (nSPS) is 11.0. The molecular weight excluding hydrogens is 400 g/mol. The number of anilines is 2. The first kappa shape index (κ1) is 21.7. The molecule has 3 aromatic rings. The van der Waals surface area contributed by atoms with Crippen LogP contribution >= 0.6 is 0 Å². The molecule has 160 valence electrons. The van der Waals surface area contributed by atoms with Gasteiger partial charge in [-0.2, -0.15) is 0 Å². The van der Waals surface area contributed by atoms with E-state index in [9.17, 15) is 14.7 Å². The lowest BCUT2D eigenvalue weighted by Gasteiger charge is -2.27. The van der Waals surface area contributed by atoms with Crippen LogP contribution in [0.15, 0.2) is 55.1 Å². The maximum absolute atomic E-state index is 13.1. The van der Waals surface area contributed by atoms with Crippen molar-refractivity contribution in [2.24, 2.45) is 0 Å².